The quantitative estimate of drug-likeness (QED) is 0.589. The monoisotopic (exact) mass is 341 g/mol. The van der Waals surface area contributed by atoms with E-state index in [-0.39, 0.29) is 0 Å². The van der Waals surface area contributed by atoms with Crippen LogP contribution in [0.25, 0.3) is 0 Å². The highest BCUT2D eigenvalue weighted by Gasteiger charge is 2.29. The van der Waals surface area contributed by atoms with Gasteiger partial charge in [-0.25, -0.2) is 0 Å². The molecule has 2 aromatic rings. The summed E-state index contributed by atoms with van der Waals surface area (Å²) in [7, 11) is 1.78. The fraction of sp³-hybridized carbons (Fsp3) is 0.188. The summed E-state index contributed by atoms with van der Waals surface area (Å²) in [5.41, 5.74) is 4.81. The lowest BCUT2D eigenvalue weighted by molar-refractivity contribution is -0.137. The zero-order valence-electron chi connectivity index (χ0n) is 12.5. The fourth-order valence-corrected chi connectivity index (χ4v) is 2.15. The molecule has 0 aliphatic heterocycles. The molecule has 0 aromatic heterocycles. The normalized spacial score (nSPS) is 12.2. The first kappa shape index (κ1) is 17.1. The van der Waals surface area contributed by atoms with Gasteiger partial charge >= 0.3 is 6.18 Å². The largest absolute Gasteiger partial charge is 0.416 e. The van der Waals surface area contributed by atoms with Gasteiger partial charge in [-0.15, -0.1) is 0 Å². The molecule has 0 radical (unpaired) electrons. The summed E-state index contributed by atoms with van der Waals surface area (Å²) in [6.07, 6.45) is -4.35. The number of hydrogen-bond donors (Lipinski definition) is 2. The Morgan fingerprint density at radius 2 is 1.74 bits per heavy atom. The van der Waals surface area contributed by atoms with Crippen LogP contribution in [0.4, 0.5) is 24.5 Å². The molecule has 7 heteroatoms. The Labute approximate surface area is 137 Å². The molecule has 0 heterocycles. The number of anilines is 2. The van der Waals surface area contributed by atoms with Crippen molar-refractivity contribution >= 4 is 28.7 Å². The van der Waals surface area contributed by atoms with Crippen LogP contribution in [0.3, 0.4) is 0 Å². The van der Waals surface area contributed by atoms with E-state index in [9.17, 15) is 13.2 Å². The topological polar surface area (TPSA) is 36.4 Å². The van der Waals surface area contributed by atoms with Gasteiger partial charge in [0, 0.05) is 23.3 Å². The Bertz CT molecular complexity index is 710. The Balaban J connectivity index is 2.18. The third-order valence-electron chi connectivity index (χ3n) is 3.21. The van der Waals surface area contributed by atoms with Gasteiger partial charge in [0.15, 0.2) is 0 Å². The van der Waals surface area contributed by atoms with Gasteiger partial charge in [-0.05, 0) is 49.4 Å². The van der Waals surface area contributed by atoms with Crippen LogP contribution in [-0.2, 0) is 6.18 Å². The van der Waals surface area contributed by atoms with Crippen molar-refractivity contribution in [2.75, 3.05) is 17.8 Å². The molecule has 23 heavy (non-hydrogen) atoms. The van der Waals surface area contributed by atoms with Crippen molar-refractivity contribution in [2.45, 2.75) is 13.1 Å². The molecular formula is C16H15ClF3N3. The molecule has 0 saturated carbocycles. The van der Waals surface area contributed by atoms with Gasteiger partial charge in [0.05, 0.1) is 17.0 Å². The summed E-state index contributed by atoms with van der Waals surface area (Å²) in [6, 6.07) is 10.0. The second-order valence-corrected chi connectivity index (χ2v) is 5.26. The second kappa shape index (κ2) is 6.91. The lowest BCUT2D eigenvalue weighted by Crippen LogP contribution is -2.05. The van der Waals surface area contributed by atoms with E-state index in [1.54, 1.807) is 26.1 Å². The highest BCUT2D eigenvalue weighted by molar-refractivity contribution is 6.31. The highest BCUT2D eigenvalue weighted by atomic mass is 35.5. The fourth-order valence-electron chi connectivity index (χ4n) is 1.98. The molecule has 0 spiro atoms. The molecule has 0 atom stereocenters. The third-order valence-corrected chi connectivity index (χ3v) is 3.44. The maximum absolute atomic E-state index is 12.5. The van der Waals surface area contributed by atoms with Gasteiger partial charge in [0.25, 0.3) is 0 Å². The van der Waals surface area contributed by atoms with E-state index in [1.165, 1.54) is 12.1 Å². The first-order valence-electron chi connectivity index (χ1n) is 6.76. The number of hydrazone groups is 1. The van der Waals surface area contributed by atoms with Crippen LogP contribution >= 0.6 is 11.6 Å². The summed E-state index contributed by atoms with van der Waals surface area (Å²) >= 11 is 5.99. The molecule has 0 bridgehead atoms. The van der Waals surface area contributed by atoms with Crippen molar-refractivity contribution in [3.63, 3.8) is 0 Å². The maximum atomic E-state index is 12.5. The molecular weight excluding hydrogens is 327 g/mol. The number of halogens is 4. The molecule has 2 rings (SSSR count). The second-order valence-electron chi connectivity index (χ2n) is 4.82. The molecule has 0 unspecified atom stereocenters. The lowest BCUT2D eigenvalue weighted by Gasteiger charge is -2.10. The zero-order chi connectivity index (χ0) is 17.0. The van der Waals surface area contributed by atoms with Crippen molar-refractivity contribution in [2.24, 2.45) is 5.10 Å². The first-order valence-corrected chi connectivity index (χ1v) is 7.14. The van der Waals surface area contributed by atoms with Crippen LogP contribution in [0.2, 0.25) is 5.02 Å². The Morgan fingerprint density at radius 1 is 1.09 bits per heavy atom. The molecule has 0 amide bonds. The maximum Gasteiger partial charge on any atom is 0.416 e. The molecule has 2 N–H and O–H groups in total. The van der Waals surface area contributed by atoms with Gasteiger partial charge < -0.3 is 5.32 Å². The third kappa shape index (κ3) is 4.39. The minimum Gasteiger partial charge on any atom is -0.388 e. The van der Waals surface area contributed by atoms with E-state index in [4.69, 9.17) is 11.6 Å². The van der Waals surface area contributed by atoms with Crippen molar-refractivity contribution in [3.05, 3.63) is 58.6 Å². The van der Waals surface area contributed by atoms with Crippen molar-refractivity contribution in [1.82, 2.24) is 0 Å². The summed E-state index contributed by atoms with van der Waals surface area (Å²) in [5, 5.41) is 7.80. The van der Waals surface area contributed by atoms with Gasteiger partial charge in [0.2, 0.25) is 0 Å². The minimum atomic E-state index is -4.35. The summed E-state index contributed by atoms with van der Waals surface area (Å²) in [6.45, 7) is 1.78. The number of benzene rings is 2. The SMILES string of the molecule is CNc1ccc(Cl)cc1/C(C)=N/Nc1ccc(C(F)(F)F)cc1. The average molecular weight is 342 g/mol. The van der Waals surface area contributed by atoms with Crippen molar-refractivity contribution in [3.8, 4) is 0 Å². The Kier molecular flexibility index (Phi) is 5.15. The Hall–Kier alpha value is -2.21. The van der Waals surface area contributed by atoms with Crippen molar-refractivity contribution in [1.29, 1.82) is 0 Å². The van der Waals surface area contributed by atoms with E-state index >= 15 is 0 Å². The number of hydrogen-bond acceptors (Lipinski definition) is 3. The predicted molar refractivity (Wildman–Crippen MR) is 88.3 cm³/mol. The van der Waals surface area contributed by atoms with Crippen LogP contribution in [0.5, 0.6) is 0 Å². The van der Waals surface area contributed by atoms with Gasteiger partial charge in [-0.3, -0.25) is 5.43 Å². The molecule has 0 fully saturated rings. The van der Waals surface area contributed by atoms with E-state index in [0.29, 0.717) is 16.4 Å². The van der Waals surface area contributed by atoms with Crippen LogP contribution in [-0.4, -0.2) is 12.8 Å². The molecule has 122 valence electrons. The Morgan fingerprint density at radius 3 is 2.30 bits per heavy atom. The number of rotatable bonds is 4. The van der Waals surface area contributed by atoms with Crippen LogP contribution in [0.1, 0.15) is 18.1 Å². The highest BCUT2D eigenvalue weighted by Crippen LogP contribution is 2.29. The molecule has 0 aliphatic rings. The van der Waals surface area contributed by atoms with E-state index in [1.807, 2.05) is 6.07 Å². The van der Waals surface area contributed by atoms with Crippen LogP contribution in [0, 0.1) is 0 Å². The lowest BCUT2D eigenvalue weighted by atomic mass is 10.1. The molecule has 0 saturated heterocycles. The smallest absolute Gasteiger partial charge is 0.388 e. The standard InChI is InChI=1S/C16H15ClF3N3/c1-10(14-9-12(17)5-8-15(14)21-2)22-23-13-6-3-11(4-7-13)16(18,19)20/h3-9,21,23H,1-2H3/b22-10+. The van der Waals surface area contributed by atoms with Gasteiger partial charge in [-0.2, -0.15) is 18.3 Å². The zero-order valence-corrected chi connectivity index (χ0v) is 13.3. The first-order chi connectivity index (χ1) is 10.8. The number of nitrogens with zero attached hydrogens (tertiary/aromatic N) is 1. The van der Waals surface area contributed by atoms with Crippen LogP contribution in [0.15, 0.2) is 47.6 Å². The molecule has 2 aromatic carbocycles. The summed E-state index contributed by atoms with van der Waals surface area (Å²) in [4.78, 5) is 0. The summed E-state index contributed by atoms with van der Waals surface area (Å²) < 4.78 is 37.5. The van der Waals surface area contributed by atoms with E-state index in [2.05, 4.69) is 15.8 Å². The molecule has 0 aliphatic carbocycles. The van der Waals surface area contributed by atoms with Crippen molar-refractivity contribution < 1.29 is 13.2 Å². The van der Waals surface area contributed by atoms with Gasteiger partial charge in [-0.1, -0.05) is 11.6 Å². The van der Waals surface area contributed by atoms with E-state index in [0.717, 1.165) is 23.4 Å². The number of nitrogens with one attached hydrogen (secondary N) is 2. The minimum absolute atomic E-state index is 0.463. The van der Waals surface area contributed by atoms with Gasteiger partial charge in [0.1, 0.15) is 0 Å². The van der Waals surface area contributed by atoms with Crippen LogP contribution < -0.4 is 10.7 Å². The predicted octanol–water partition coefficient (Wildman–Crippen LogP) is 5.24. The summed E-state index contributed by atoms with van der Waals surface area (Å²) in [5.74, 6) is 0. The van der Waals surface area contributed by atoms with E-state index < -0.39 is 11.7 Å². The molecule has 3 nitrogen and oxygen atoms in total. The average Bonchev–Trinajstić information content (AvgIpc) is 2.52. The number of alkyl halides is 3.